The standard InChI is InChI=1S/C11H12N2S/c1-6-5-14-11-9(12)7-3-2-4-8(7)13-10(6)11/h5H,2-4H2,1H3,(H2,12,13). The number of anilines is 1. The highest BCUT2D eigenvalue weighted by Crippen LogP contribution is 2.36. The van der Waals surface area contributed by atoms with Crippen LogP contribution in [0.15, 0.2) is 5.38 Å². The lowest BCUT2D eigenvalue weighted by Gasteiger charge is -2.04. The normalized spacial score (nSPS) is 14.9. The minimum absolute atomic E-state index is 0.987. The van der Waals surface area contributed by atoms with E-state index in [9.17, 15) is 0 Å². The highest BCUT2D eigenvalue weighted by Gasteiger charge is 2.19. The zero-order valence-electron chi connectivity index (χ0n) is 8.13. The van der Waals surface area contributed by atoms with Crippen LogP contribution in [0.25, 0.3) is 10.2 Å². The lowest BCUT2D eigenvalue weighted by Crippen LogP contribution is -1.96. The number of nitrogens with two attached hydrogens (primary N) is 1. The van der Waals surface area contributed by atoms with Crippen LogP contribution in [0.5, 0.6) is 0 Å². The van der Waals surface area contributed by atoms with E-state index in [1.165, 1.54) is 27.9 Å². The zero-order valence-corrected chi connectivity index (χ0v) is 8.95. The quantitative estimate of drug-likeness (QED) is 0.716. The van der Waals surface area contributed by atoms with Gasteiger partial charge in [0.2, 0.25) is 0 Å². The van der Waals surface area contributed by atoms with Crippen molar-refractivity contribution in [1.82, 2.24) is 4.98 Å². The molecule has 0 bridgehead atoms. The molecule has 1 aliphatic carbocycles. The van der Waals surface area contributed by atoms with Gasteiger partial charge in [-0.1, -0.05) is 0 Å². The Morgan fingerprint density at radius 1 is 1.43 bits per heavy atom. The maximum Gasteiger partial charge on any atom is 0.0863 e. The SMILES string of the molecule is Cc1csc2c(N)c3c(nc12)CCC3. The molecule has 14 heavy (non-hydrogen) atoms. The third-order valence-electron chi connectivity index (χ3n) is 2.95. The molecule has 0 saturated carbocycles. The predicted molar refractivity (Wildman–Crippen MR) is 60.8 cm³/mol. The molecule has 2 aromatic heterocycles. The Labute approximate surface area is 86.8 Å². The highest BCUT2D eigenvalue weighted by molar-refractivity contribution is 7.18. The summed E-state index contributed by atoms with van der Waals surface area (Å²) in [5.41, 5.74) is 12.1. The Balaban J connectivity index is 2.45. The summed E-state index contributed by atoms with van der Waals surface area (Å²) in [6.07, 6.45) is 3.43. The summed E-state index contributed by atoms with van der Waals surface area (Å²) < 4.78 is 1.18. The third kappa shape index (κ3) is 0.932. The molecule has 0 aliphatic heterocycles. The summed E-state index contributed by atoms with van der Waals surface area (Å²) in [5.74, 6) is 0. The number of thiophene rings is 1. The van der Waals surface area contributed by atoms with E-state index in [1.54, 1.807) is 11.3 Å². The molecule has 0 fully saturated rings. The van der Waals surface area contributed by atoms with Crippen LogP contribution in [0, 0.1) is 6.92 Å². The van der Waals surface area contributed by atoms with Crippen LogP contribution in [0.3, 0.4) is 0 Å². The van der Waals surface area contributed by atoms with Gasteiger partial charge in [0.15, 0.2) is 0 Å². The van der Waals surface area contributed by atoms with E-state index in [4.69, 9.17) is 10.7 Å². The Bertz CT molecular complexity index is 513. The number of nitrogens with zero attached hydrogens (tertiary/aromatic N) is 1. The van der Waals surface area contributed by atoms with E-state index >= 15 is 0 Å². The lowest BCUT2D eigenvalue weighted by molar-refractivity contribution is 0.901. The second-order valence-electron chi connectivity index (χ2n) is 3.90. The van der Waals surface area contributed by atoms with Gasteiger partial charge in [-0.2, -0.15) is 0 Å². The Morgan fingerprint density at radius 2 is 2.29 bits per heavy atom. The topological polar surface area (TPSA) is 38.9 Å². The van der Waals surface area contributed by atoms with E-state index in [1.807, 2.05) is 0 Å². The molecule has 0 radical (unpaired) electrons. The van der Waals surface area contributed by atoms with Crippen molar-refractivity contribution in [2.75, 3.05) is 5.73 Å². The first-order valence-electron chi connectivity index (χ1n) is 4.92. The van der Waals surface area contributed by atoms with Gasteiger partial charge in [-0.25, -0.2) is 0 Å². The van der Waals surface area contributed by atoms with Crippen LogP contribution in [-0.2, 0) is 12.8 Å². The van der Waals surface area contributed by atoms with Crippen molar-refractivity contribution in [1.29, 1.82) is 0 Å². The van der Waals surface area contributed by atoms with Gasteiger partial charge >= 0.3 is 0 Å². The molecular formula is C11H12N2S. The Kier molecular flexibility index (Phi) is 1.59. The predicted octanol–water partition coefficient (Wildman–Crippen LogP) is 2.68. The second kappa shape index (κ2) is 2.70. The molecule has 2 nitrogen and oxygen atoms in total. The monoisotopic (exact) mass is 204 g/mol. The van der Waals surface area contributed by atoms with E-state index in [0.29, 0.717) is 0 Å². The van der Waals surface area contributed by atoms with Crippen molar-refractivity contribution in [2.24, 2.45) is 0 Å². The number of aromatic nitrogens is 1. The first-order chi connectivity index (χ1) is 6.77. The summed E-state index contributed by atoms with van der Waals surface area (Å²) in [6.45, 7) is 2.10. The number of hydrogen-bond acceptors (Lipinski definition) is 3. The number of aryl methyl sites for hydroxylation is 2. The van der Waals surface area contributed by atoms with Gasteiger partial charge in [0.25, 0.3) is 0 Å². The van der Waals surface area contributed by atoms with Crippen LogP contribution in [0.1, 0.15) is 23.2 Å². The minimum Gasteiger partial charge on any atom is -0.397 e. The fourth-order valence-electron chi connectivity index (χ4n) is 2.18. The van der Waals surface area contributed by atoms with Crippen molar-refractivity contribution in [2.45, 2.75) is 26.2 Å². The first-order valence-corrected chi connectivity index (χ1v) is 5.80. The third-order valence-corrected chi connectivity index (χ3v) is 4.07. The van der Waals surface area contributed by atoms with Gasteiger partial charge in [0.1, 0.15) is 0 Å². The van der Waals surface area contributed by atoms with Gasteiger partial charge in [0, 0.05) is 5.69 Å². The largest absolute Gasteiger partial charge is 0.397 e. The number of nitrogen functional groups attached to an aromatic ring is 1. The van der Waals surface area contributed by atoms with Crippen molar-refractivity contribution >= 4 is 27.2 Å². The van der Waals surface area contributed by atoms with Crippen LogP contribution in [-0.4, -0.2) is 4.98 Å². The molecule has 0 saturated heterocycles. The van der Waals surface area contributed by atoms with Crippen molar-refractivity contribution in [3.63, 3.8) is 0 Å². The summed E-state index contributed by atoms with van der Waals surface area (Å²) >= 11 is 1.72. The second-order valence-corrected chi connectivity index (χ2v) is 4.78. The molecule has 72 valence electrons. The lowest BCUT2D eigenvalue weighted by atomic mass is 10.1. The minimum atomic E-state index is 0.987. The number of pyridine rings is 1. The van der Waals surface area contributed by atoms with Crippen LogP contribution < -0.4 is 5.73 Å². The average molecular weight is 204 g/mol. The highest BCUT2D eigenvalue weighted by atomic mass is 32.1. The maximum atomic E-state index is 6.15. The first kappa shape index (κ1) is 8.24. The number of hydrogen-bond donors (Lipinski definition) is 1. The van der Waals surface area contributed by atoms with E-state index < -0.39 is 0 Å². The molecule has 2 N–H and O–H groups in total. The molecule has 0 amide bonds. The van der Waals surface area contributed by atoms with Gasteiger partial charge in [-0.15, -0.1) is 11.3 Å². The molecule has 1 aliphatic rings. The van der Waals surface area contributed by atoms with E-state index in [0.717, 1.165) is 24.0 Å². The maximum absolute atomic E-state index is 6.15. The smallest absolute Gasteiger partial charge is 0.0863 e. The van der Waals surface area contributed by atoms with Gasteiger partial charge in [0.05, 0.1) is 15.9 Å². The molecule has 0 aromatic carbocycles. The van der Waals surface area contributed by atoms with Crippen molar-refractivity contribution < 1.29 is 0 Å². The molecule has 0 atom stereocenters. The number of rotatable bonds is 0. The van der Waals surface area contributed by atoms with Gasteiger partial charge in [-0.3, -0.25) is 4.98 Å². The van der Waals surface area contributed by atoms with Crippen LogP contribution in [0.2, 0.25) is 0 Å². The van der Waals surface area contributed by atoms with Crippen molar-refractivity contribution in [3.8, 4) is 0 Å². The fraction of sp³-hybridized carbons (Fsp3) is 0.364. The van der Waals surface area contributed by atoms with Crippen LogP contribution >= 0.6 is 11.3 Å². The molecule has 3 rings (SSSR count). The molecular weight excluding hydrogens is 192 g/mol. The molecule has 0 spiro atoms. The Hall–Kier alpha value is -1.09. The Morgan fingerprint density at radius 3 is 3.14 bits per heavy atom. The summed E-state index contributed by atoms with van der Waals surface area (Å²) in [7, 11) is 0. The van der Waals surface area contributed by atoms with E-state index in [-0.39, 0.29) is 0 Å². The molecule has 3 heteroatoms. The van der Waals surface area contributed by atoms with E-state index in [2.05, 4.69) is 12.3 Å². The zero-order chi connectivity index (χ0) is 9.71. The van der Waals surface area contributed by atoms with Crippen molar-refractivity contribution in [3.05, 3.63) is 22.2 Å². The van der Waals surface area contributed by atoms with Crippen LogP contribution in [0.4, 0.5) is 5.69 Å². The summed E-state index contributed by atoms with van der Waals surface area (Å²) in [4.78, 5) is 4.71. The fourth-order valence-corrected chi connectivity index (χ4v) is 3.16. The summed E-state index contributed by atoms with van der Waals surface area (Å²) in [6, 6.07) is 0. The molecule has 2 heterocycles. The van der Waals surface area contributed by atoms with Gasteiger partial charge < -0.3 is 5.73 Å². The number of fused-ring (bicyclic) bond motifs is 2. The average Bonchev–Trinajstić information content (AvgIpc) is 2.75. The molecule has 0 unspecified atom stereocenters. The summed E-state index contributed by atoms with van der Waals surface area (Å²) in [5, 5.41) is 2.14. The van der Waals surface area contributed by atoms with Gasteiger partial charge in [-0.05, 0) is 42.7 Å². The molecule has 2 aromatic rings.